The molecule has 2 aromatic rings. The molecule has 0 heterocycles. The molecular weight excluding hydrogens is 217 g/mol. The van der Waals surface area contributed by atoms with E-state index in [-0.39, 0.29) is 11.7 Å². The SMILES string of the molecule is CC(=O)N(C)C.Fc1cccc2ccccc12. The highest BCUT2D eigenvalue weighted by atomic mass is 19.1. The van der Waals surface area contributed by atoms with Crippen LogP contribution < -0.4 is 0 Å². The largest absolute Gasteiger partial charge is 0.349 e. The molecule has 0 aliphatic carbocycles. The van der Waals surface area contributed by atoms with Crippen LogP contribution in [-0.2, 0) is 4.79 Å². The van der Waals surface area contributed by atoms with Crippen molar-refractivity contribution in [2.45, 2.75) is 6.92 Å². The van der Waals surface area contributed by atoms with Gasteiger partial charge in [0.2, 0.25) is 5.91 Å². The number of amides is 1. The van der Waals surface area contributed by atoms with Crippen LogP contribution in [-0.4, -0.2) is 24.9 Å². The Balaban J connectivity index is 0.000000209. The van der Waals surface area contributed by atoms with E-state index in [1.807, 2.05) is 24.3 Å². The van der Waals surface area contributed by atoms with Crippen molar-refractivity contribution in [3.05, 3.63) is 48.3 Å². The molecule has 1 amide bonds. The molecule has 90 valence electrons. The molecule has 0 atom stereocenters. The number of fused-ring (bicyclic) bond motifs is 1. The van der Waals surface area contributed by atoms with Crippen LogP contribution in [0.1, 0.15) is 6.92 Å². The van der Waals surface area contributed by atoms with Crippen LogP contribution in [0.15, 0.2) is 42.5 Å². The van der Waals surface area contributed by atoms with Crippen molar-refractivity contribution in [1.29, 1.82) is 0 Å². The summed E-state index contributed by atoms with van der Waals surface area (Å²) in [6.07, 6.45) is 0. The van der Waals surface area contributed by atoms with Gasteiger partial charge in [-0.05, 0) is 11.5 Å². The topological polar surface area (TPSA) is 20.3 Å². The predicted molar refractivity (Wildman–Crippen MR) is 68.3 cm³/mol. The fourth-order valence-corrected chi connectivity index (χ4v) is 1.19. The summed E-state index contributed by atoms with van der Waals surface area (Å²) in [5, 5.41) is 1.64. The van der Waals surface area contributed by atoms with E-state index < -0.39 is 0 Å². The van der Waals surface area contributed by atoms with Crippen LogP contribution in [0.4, 0.5) is 4.39 Å². The summed E-state index contributed by atoms with van der Waals surface area (Å²) in [4.78, 5) is 11.6. The van der Waals surface area contributed by atoms with Crippen LogP contribution in [0.2, 0.25) is 0 Å². The third kappa shape index (κ3) is 3.87. The molecular formula is C14H16FNO. The van der Waals surface area contributed by atoms with Gasteiger partial charge in [0.1, 0.15) is 5.82 Å². The van der Waals surface area contributed by atoms with Gasteiger partial charge in [-0.1, -0.05) is 36.4 Å². The number of rotatable bonds is 0. The second-order valence-electron chi connectivity index (χ2n) is 3.87. The molecule has 0 bridgehead atoms. The van der Waals surface area contributed by atoms with Crippen LogP contribution in [0.5, 0.6) is 0 Å². The molecule has 0 fully saturated rings. The maximum atomic E-state index is 13.0. The van der Waals surface area contributed by atoms with E-state index in [9.17, 15) is 9.18 Å². The molecule has 0 N–H and O–H groups in total. The average Bonchev–Trinajstić information content (AvgIpc) is 2.30. The Morgan fingerprint density at radius 1 is 1.06 bits per heavy atom. The minimum absolute atomic E-state index is 0.0926. The van der Waals surface area contributed by atoms with E-state index in [1.54, 1.807) is 26.2 Å². The second kappa shape index (κ2) is 5.99. The van der Waals surface area contributed by atoms with Crippen molar-refractivity contribution in [3.63, 3.8) is 0 Å². The first-order valence-corrected chi connectivity index (χ1v) is 5.33. The van der Waals surface area contributed by atoms with E-state index in [4.69, 9.17) is 0 Å². The van der Waals surface area contributed by atoms with Crippen molar-refractivity contribution >= 4 is 16.7 Å². The highest BCUT2D eigenvalue weighted by molar-refractivity contribution is 5.82. The summed E-state index contributed by atoms with van der Waals surface area (Å²) >= 11 is 0. The maximum absolute atomic E-state index is 13.0. The van der Waals surface area contributed by atoms with Crippen LogP contribution in [0, 0.1) is 5.82 Å². The smallest absolute Gasteiger partial charge is 0.218 e. The van der Waals surface area contributed by atoms with Gasteiger partial charge in [-0.3, -0.25) is 4.79 Å². The predicted octanol–water partition coefficient (Wildman–Crippen LogP) is 3.07. The van der Waals surface area contributed by atoms with Crippen molar-refractivity contribution in [2.75, 3.05) is 14.1 Å². The molecule has 0 saturated heterocycles. The minimum atomic E-state index is -0.150. The van der Waals surface area contributed by atoms with Gasteiger partial charge in [0.25, 0.3) is 0 Å². The standard InChI is InChI=1S/C10H7F.C4H9NO/c11-10-7-3-5-8-4-1-2-6-9(8)10;1-4(6)5(2)3/h1-7H;1-3H3. The van der Waals surface area contributed by atoms with E-state index >= 15 is 0 Å². The molecule has 2 rings (SSSR count). The van der Waals surface area contributed by atoms with E-state index in [1.165, 1.54) is 17.9 Å². The Kier molecular flexibility index (Phi) is 4.64. The maximum Gasteiger partial charge on any atom is 0.218 e. The lowest BCUT2D eigenvalue weighted by Gasteiger charge is -2.02. The Labute approximate surface area is 101 Å². The molecule has 0 radical (unpaired) electrons. The van der Waals surface area contributed by atoms with Gasteiger partial charge in [-0.15, -0.1) is 0 Å². The van der Waals surface area contributed by atoms with Gasteiger partial charge in [0, 0.05) is 26.4 Å². The highest BCUT2D eigenvalue weighted by Crippen LogP contribution is 2.15. The lowest BCUT2D eigenvalue weighted by molar-refractivity contribution is -0.126. The fourth-order valence-electron chi connectivity index (χ4n) is 1.19. The number of benzene rings is 2. The molecule has 0 aromatic heterocycles. The molecule has 0 saturated carbocycles. The first-order chi connectivity index (χ1) is 8.02. The minimum Gasteiger partial charge on any atom is -0.349 e. The summed E-state index contributed by atoms with van der Waals surface area (Å²) in [5.74, 6) is -0.0573. The zero-order valence-electron chi connectivity index (χ0n) is 10.3. The monoisotopic (exact) mass is 233 g/mol. The molecule has 0 unspecified atom stereocenters. The summed E-state index contributed by atoms with van der Waals surface area (Å²) in [7, 11) is 3.45. The van der Waals surface area contributed by atoms with Gasteiger partial charge in [-0.2, -0.15) is 0 Å². The molecule has 17 heavy (non-hydrogen) atoms. The first kappa shape index (κ1) is 13.2. The van der Waals surface area contributed by atoms with Gasteiger partial charge in [0.05, 0.1) is 0 Å². The van der Waals surface area contributed by atoms with Crippen molar-refractivity contribution in [3.8, 4) is 0 Å². The Hall–Kier alpha value is -1.90. The van der Waals surface area contributed by atoms with Crippen molar-refractivity contribution in [2.24, 2.45) is 0 Å². The number of halogens is 1. The van der Waals surface area contributed by atoms with E-state index in [0.717, 1.165) is 5.39 Å². The quantitative estimate of drug-likeness (QED) is 0.684. The van der Waals surface area contributed by atoms with Crippen LogP contribution in [0.25, 0.3) is 10.8 Å². The molecule has 2 aromatic carbocycles. The van der Waals surface area contributed by atoms with Crippen LogP contribution >= 0.6 is 0 Å². The van der Waals surface area contributed by atoms with E-state index in [2.05, 4.69) is 0 Å². The zero-order chi connectivity index (χ0) is 12.8. The summed E-state index contributed by atoms with van der Waals surface area (Å²) in [6, 6.07) is 12.5. The molecule has 0 spiro atoms. The number of hydrogen-bond acceptors (Lipinski definition) is 1. The van der Waals surface area contributed by atoms with Gasteiger partial charge < -0.3 is 4.90 Å². The number of nitrogens with zero attached hydrogens (tertiary/aromatic N) is 1. The Bertz CT molecular complexity index is 503. The van der Waals surface area contributed by atoms with Gasteiger partial charge in [0.15, 0.2) is 0 Å². The summed E-state index contributed by atoms with van der Waals surface area (Å²) in [6.45, 7) is 1.53. The lowest BCUT2D eigenvalue weighted by atomic mass is 10.1. The van der Waals surface area contributed by atoms with Crippen molar-refractivity contribution in [1.82, 2.24) is 4.90 Å². The van der Waals surface area contributed by atoms with Crippen molar-refractivity contribution < 1.29 is 9.18 Å². The van der Waals surface area contributed by atoms with Gasteiger partial charge >= 0.3 is 0 Å². The Morgan fingerprint density at radius 3 is 2.12 bits per heavy atom. The third-order valence-corrected chi connectivity index (χ3v) is 2.37. The first-order valence-electron chi connectivity index (χ1n) is 5.33. The highest BCUT2D eigenvalue weighted by Gasteiger charge is 1.95. The second-order valence-corrected chi connectivity index (χ2v) is 3.87. The number of carbonyl (C=O) groups is 1. The number of hydrogen-bond donors (Lipinski definition) is 0. The zero-order valence-corrected chi connectivity index (χ0v) is 10.3. The molecule has 3 heteroatoms. The Morgan fingerprint density at radius 2 is 1.59 bits per heavy atom. The fraction of sp³-hybridized carbons (Fsp3) is 0.214. The summed E-state index contributed by atoms with van der Waals surface area (Å²) < 4.78 is 13.0. The number of carbonyl (C=O) groups excluding carboxylic acids is 1. The van der Waals surface area contributed by atoms with Gasteiger partial charge in [-0.25, -0.2) is 4.39 Å². The normalized spacial score (nSPS) is 9.41. The average molecular weight is 233 g/mol. The molecule has 0 aliphatic rings. The molecule has 2 nitrogen and oxygen atoms in total. The van der Waals surface area contributed by atoms with Crippen LogP contribution in [0.3, 0.4) is 0 Å². The summed E-state index contributed by atoms with van der Waals surface area (Å²) in [5.41, 5.74) is 0. The third-order valence-electron chi connectivity index (χ3n) is 2.37. The molecule has 0 aliphatic heterocycles. The van der Waals surface area contributed by atoms with E-state index in [0.29, 0.717) is 5.39 Å². The lowest BCUT2D eigenvalue weighted by Crippen LogP contribution is -2.17.